The Kier molecular flexibility index (Phi) is 52.8. The summed E-state index contributed by atoms with van der Waals surface area (Å²) < 4.78 is 96.0. The number of fused-ring (bicyclic) bond motifs is 3. The van der Waals surface area contributed by atoms with Crippen LogP contribution < -0.4 is 73.1 Å². The second-order valence-corrected chi connectivity index (χ2v) is 43.3. The molecule has 0 fully saturated rings. The molecule has 19 aromatic rings. The van der Waals surface area contributed by atoms with Crippen LogP contribution in [0.3, 0.4) is 0 Å². The monoisotopic (exact) mass is 2290 g/mol. The maximum Gasteiger partial charge on any atom is 1.00 e. The Bertz CT molecular complexity index is 6150. The molecule has 0 saturated carbocycles. The van der Waals surface area contributed by atoms with Gasteiger partial charge >= 0.3 is 48.6 Å². The maximum absolute atomic E-state index is 9.75. The first-order valence-electron chi connectivity index (χ1n) is 43.4. The normalized spacial score (nSPS) is 10.5. The van der Waals surface area contributed by atoms with Crippen LogP contribution in [-0.4, -0.2) is 70.5 Å². The number of rotatable bonds is 20. The zero-order valence-corrected chi connectivity index (χ0v) is 89.8. The van der Waals surface area contributed by atoms with Gasteiger partial charge in [-0.15, -0.1) is 121 Å². The van der Waals surface area contributed by atoms with Gasteiger partial charge < -0.3 is 48.6 Å². The number of nitrogens with zero attached hydrogens (tertiary/aromatic N) is 6. The van der Waals surface area contributed by atoms with Crippen LogP contribution in [0.15, 0.2) is 449 Å². The van der Waals surface area contributed by atoms with Crippen molar-refractivity contribution in [3.63, 3.8) is 0 Å². The molecule has 15 aromatic carbocycles. The summed E-state index contributed by atoms with van der Waals surface area (Å²) in [6, 6.07) is 158. The van der Waals surface area contributed by atoms with Crippen LogP contribution in [-0.2, 0) is 34.1 Å². The third-order valence-corrected chi connectivity index (χ3v) is 31.4. The Balaban J connectivity index is 0.000000232. The summed E-state index contributed by atoms with van der Waals surface area (Å²) in [7, 11) is -17.1. The molecule has 8 nitrogen and oxygen atoms in total. The maximum atomic E-state index is 9.75. The van der Waals surface area contributed by atoms with Crippen LogP contribution in [0, 0.1) is 13.8 Å². The van der Waals surface area contributed by atoms with Crippen molar-refractivity contribution in [3.8, 4) is 57.4 Å². The van der Waals surface area contributed by atoms with E-state index in [1.54, 1.807) is 0 Å². The van der Waals surface area contributed by atoms with Crippen molar-refractivity contribution in [1.29, 1.82) is 0 Å². The molecular formula is C109H94B2Cl10Cu2F8N6O2P4+4. The minimum Gasteiger partial charge on any atom is -0.449 e. The van der Waals surface area contributed by atoms with Crippen LogP contribution in [0.5, 0.6) is 23.0 Å². The minimum absolute atomic E-state index is 0. The van der Waals surface area contributed by atoms with E-state index < -0.39 is 46.2 Å². The molecule has 0 bridgehead atoms. The molecule has 0 saturated heterocycles. The summed E-state index contributed by atoms with van der Waals surface area (Å²) >= 11 is 47.6. The number of benzene rings is 15. The van der Waals surface area contributed by atoms with Gasteiger partial charge in [-0.05, 0) is 220 Å². The predicted molar refractivity (Wildman–Crippen MR) is 601 cm³/mol. The molecule has 0 radical (unpaired) electrons. The number of para-hydroxylation sites is 6. The number of hydrogen-bond donors (Lipinski definition) is 0. The Hall–Kier alpha value is -9.63. The largest absolute Gasteiger partial charge is 1.00 e. The van der Waals surface area contributed by atoms with Gasteiger partial charge in [0.05, 0.1) is 43.4 Å². The average Bonchev–Trinajstić information content (AvgIpc) is 1.59. The van der Waals surface area contributed by atoms with E-state index in [1.807, 2.05) is 54.9 Å². The van der Waals surface area contributed by atoms with Crippen molar-refractivity contribution in [2.24, 2.45) is 0 Å². The second-order valence-electron chi connectivity index (χ2n) is 29.5. The van der Waals surface area contributed by atoms with Gasteiger partial charge in [0.15, 0.2) is 28.8 Å². The molecule has 0 aliphatic rings. The van der Waals surface area contributed by atoms with E-state index in [0.29, 0.717) is 11.6 Å². The van der Waals surface area contributed by atoms with Gasteiger partial charge in [-0.1, -0.05) is 243 Å². The molecule has 0 amide bonds. The molecule has 0 spiro atoms. The smallest absolute Gasteiger partial charge is 0.449 e. The predicted octanol–water partition coefficient (Wildman–Crippen LogP) is 29.7. The SMILES string of the molecule is Cc1cccc(-c2nc(-c3cccc(C)n3)n(-c3ccc(-n4c5ccccc5c5ccccc54)cc3)n2)n1.ClCCl.ClCCl.ClCCl.ClCCl.ClCCl.F[B-](F)(F)F.F[B-](F)(F)F.[Cu+].[Cu+].c1ccc([PH+](c2ccccc2)c2ccccc2Oc2ccccc2[PH+](c2ccccc2)c2ccccc2)cc1.c1ccc([PH+](c2ccccc2)c2ccccc2Oc2ccccc2[PH+](c2ccccc2)c2ccccc2)cc1. The zero-order valence-electron chi connectivity index (χ0n) is 76.3. The van der Waals surface area contributed by atoms with E-state index in [2.05, 4.69) is 422 Å². The molecule has 19 rings (SSSR count). The first kappa shape index (κ1) is 119. The number of ether oxygens (including phenoxy) is 2. The van der Waals surface area contributed by atoms with Crippen molar-refractivity contribution in [1.82, 2.24) is 29.3 Å². The number of alkyl halides is 10. The van der Waals surface area contributed by atoms with Gasteiger partial charge in [-0.3, -0.25) is 0 Å². The first-order valence-corrected chi connectivity index (χ1v) is 54.8. The standard InChI is InChI=1S/2C36H28OP2.C32H24N6.5CH2Cl2.2BF4.2Cu/c2*1-5-17-29(18-6-1)38(30-19-7-2-8-20-30)35-27-15-13-25-33(35)37-34-26-14-16-28-36(34)39(31-21-9-3-10-22-31)32-23-11-4-12-24-32;1-21-9-7-13-27(33-21)31-35-32(28-14-8-10-22(2)34-28)38(36-31)24-19-17-23(18-20-24)37-29-15-5-3-11-25(29)26-12-4-6-16-30(26)37;5*2-1-3;2*2-1(3,4)5;;/h2*1-28H;3-20H,1-2H3;5*1H2;;;;/q;;;;;;;;2*-1;2*+1/p+4. The van der Waals surface area contributed by atoms with Crippen LogP contribution in [0.25, 0.3) is 56.2 Å². The number of aryl methyl sites for hydroxylation is 2. The fraction of sp³-hybridized carbons (Fsp3) is 0.0642. The van der Waals surface area contributed by atoms with Gasteiger partial charge in [-0.25, -0.2) is 19.6 Å². The Morgan fingerprint density at radius 2 is 0.455 bits per heavy atom. The molecule has 0 aliphatic heterocycles. The van der Waals surface area contributed by atoms with Crippen LogP contribution in [0.4, 0.5) is 34.5 Å². The molecule has 0 N–H and O–H groups in total. The molecule has 742 valence electrons. The topological polar surface area (TPSA) is 79.9 Å². The van der Waals surface area contributed by atoms with Gasteiger partial charge in [0, 0.05) is 27.8 Å². The van der Waals surface area contributed by atoms with Crippen LogP contribution >= 0.6 is 148 Å². The first-order chi connectivity index (χ1) is 68.5. The molecule has 34 heteroatoms. The molecule has 143 heavy (non-hydrogen) atoms. The van der Waals surface area contributed by atoms with E-state index in [-0.39, 0.29) is 60.8 Å². The van der Waals surface area contributed by atoms with Gasteiger partial charge in [0.25, 0.3) is 0 Å². The van der Waals surface area contributed by atoms with Crippen molar-refractivity contribution in [2.75, 3.05) is 26.7 Å². The van der Waals surface area contributed by atoms with E-state index in [1.165, 1.54) is 85.5 Å². The van der Waals surface area contributed by atoms with Crippen molar-refractivity contribution >= 4 is 248 Å². The van der Waals surface area contributed by atoms with Gasteiger partial charge in [0.2, 0.25) is 5.82 Å². The summed E-state index contributed by atoms with van der Waals surface area (Å²) in [5.41, 5.74) is 7.70. The summed E-state index contributed by atoms with van der Waals surface area (Å²) in [6.07, 6.45) is 0. The molecule has 0 unspecified atom stereocenters. The summed E-state index contributed by atoms with van der Waals surface area (Å²) in [6.45, 7) is 3.95. The number of hydrogen-bond acceptors (Lipinski definition) is 6. The third-order valence-electron chi connectivity index (χ3n) is 20.3. The molecule has 0 atom stereocenters. The quantitative estimate of drug-likeness (QED) is 0.0327. The number of pyridine rings is 2. The fourth-order valence-electron chi connectivity index (χ4n) is 15.1. The van der Waals surface area contributed by atoms with E-state index in [0.717, 1.165) is 57.1 Å². The summed E-state index contributed by atoms with van der Waals surface area (Å²) in [5.74, 6) is 4.95. The average molecular weight is 2300 g/mol. The van der Waals surface area contributed by atoms with Gasteiger partial charge in [-0.2, -0.15) is 0 Å². The van der Waals surface area contributed by atoms with Crippen molar-refractivity contribution < 1.29 is 78.1 Å². The number of halogens is 18. The van der Waals surface area contributed by atoms with Crippen LogP contribution in [0.2, 0.25) is 0 Å². The molecule has 4 aromatic heterocycles. The van der Waals surface area contributed by atoms with Gasteiger partial charge in [0.1, 0.15) is 107 Å². The van der Waals surface area contributed by atoms with E-state index in [9.17, 15) is 34.5 Å². The van der Waals surface area contributed by atoms with E-state index in [4.69, 9.17) is 141 Å². The summed E-state index contributed by atoms with van der Waals surface area (Å²) in [4.78, 5) is 14.3. The van der Waals surface area contributed by atoms with Crippen LogP contribution in [0.1, 0.15) is 11.4 Å². The molecule has 4 heterocycles. The second kappa shape index (κ2) is 63.7. The Morgan fingerprint density at radius 3 is 0.706 bits per heavy atom. The fourth-order valence-corrected chi connectivity index (χ4v) is 25.7. The third kappa shape index (κ3) is 37.1. The Labute approximate surface area is 904 Å². The van der Waals surface area contributed by atoms with E-state index >= 15 is 0 Å². The zero-order chi connectivity index (χ0) is 101. The number of aromatic nitrogens is 6. The minimum atomic E-state index is -6.00. The molecular weight excluding hydrogens is 2200 g/mol. The molecule has 0 aliphatic carbocycles. The Morgan fingerprint density at radius 1 is 0.245 bits per heavy atom. The van der Waals surface area contributed by atoms with Crippen molar-refractivity contribution in [3.05, 3.63) is 460 Å². The van der Waals surface area contributed by atoms with Crippen molar-refractivity contribution in [2.45, 2.75) is 13.8 Å². The summed E-state index contributed by atoms with van der Waals surface area (Å²) in [5, 5.41) is 24.1.